The number of hydrogen-bond acceptors (Lipinski definition) is 2. The van der Waals surface area contributed by atoms with E-state index in [1.807, 2.05) is 13.8 Å². The average Bonchev–Trinajstić information content (AvgIpc) is 2.35. The largest absolute Gasteiger partial charge is 0.494 e. The Labute approximate surface area is 110 Å². The van der Waals surface area contributed by atoms with Crippen molar-refractivity contribution in [1.82, 2.24) is 0 Å². The van der Waals surface area contributed by atoms with E-state index >= 15 is 0 Å². The van der Waals surface area contributed by atoms with Crippen LogP contribution in [-0.4, -0.2) is 18.7 Å². The SMILES string of the molecule is CC.CCOc1ccc(C)c(NC(=O)C(F)(F)F)c1. The molecular formula is C13H18F3NO2. The molecule has 0 atom stereocenters. The van der Waals surface area contributed by atoms with E-state index in [-0.39, 0.29) is 5.69 Å². The lowest BCUT2D eigenvalue weighted by Crippen LogP contribution is -2.30. The summed E-state index contributed by atoms with van der Waals surface area (Å²) in [5.41, 5.74) is 0.629. The minimum atomic E-state index is -4.89. The van der Waals surface area contributed by atoms with Crippen LogP contribution in [0.15, 0.2) is 18.2 Å². The molecule has 1 rings (SSSR count). The second-order valence-corrected chi connectivity index (χ2v) is 3.36. The van der Waals surface area contributed by atoms with Crippen LogP contribution in [0.2, 0.25) is 0 Å². The number of ether oxygens (including phenoxy) is 1. The number of hydrogen-bond donors (Lipinski definition) is 1. The topological polar surface area (TPSA) is 38.3 Å². The highest BCUT2D eigenvalue weighted by Gasteiger charge is 2.38. The molecule has 0 heterocycles. The molecule has 0 saturated carbocycles. The number of carbonyl (C=O) groups excluding carboxylic acids is 1. The van der Waals surface area contributed by atoms with Gasteiger partial charge in [-0.2, -0.15) is 13.2 Å². The monoisotopic (exact) mass is 277 g/mol. The molecule has 0 saturated heterocycles. The molecule has 0 aromatic heterocycles. The molecule has 1 aromatic carbocycles. The van der Waals surface area contributed by atoms with E-state index in [1.165, 1.54) is 6.07 Å². The van der Waals surface area contributed by atoms with Gasteiger partial charge in [0.2, 0.25) is 0 Å². The van der Waals surface area contributed by atoms with E-state index in [2.05, 4.69) is 0 Å². The van der Waals surface area contributed by atoms with Crippen molar-refractivity contribution in [2.75, 3.05) is 11.9 Å². The van der Waals surface area contributed by atoms with Gasteiger partial charge in [0.05, 0.1) is 6.61 Å². The van der Waals surface area contributed by atoms with Crippen LogP contribution in [0.1, 0.15) is 26.3 Å². The van der Waals surface area contributed by atoms with Gasteiger partial charge in [0, 0.05) is 11.8 Å². The lowest BCUT2D eigenvalue weighted by molar-refractivity contribution is -0.167. The van der Waals surface area contributed by atoms with Crippen LogP contribution in [-0.2, 0) is 4.79 Å². The van der Waals surface area contributed by atoms with Crippen molar-refractivity contribution in [2.45, 2.75) is 33.9 Å². The van der Waals surface area contributed by atoms with E-state index < -0.39 is 12.1 Å². The van der Waals surface area contributed by atoms with Gasteiger partial charge in [-0.05, 0) is 25.5 Å². The number of benzene rings is 1. The van der Waals surface area contributed by atoms with Crippen LogP contribution in [0.4, 0.5) is 18.9 Å². The molecule has 0 aliphatic carbocycles. The summed E-state index contributed by atoms with van der Waals surface area (Å²) in [7, 11) is 0. The van der Waals surface area contributed by atoms with Crippen LogP contribution in [0.5, 0.6) is 5.75 Å². The molecular weight excluding hydrogens is 259 g/mol. The molecule has 0 aliphatic heterocycles. The van der Waals surface area contributed by atoms with Crippen LogP contribution in [0.25, 0.3) is 0 Å². The Morgan fingerprint density at radius 3 is 2.37 bits per heavy atom. The number of alkyl halides is 3. The molecule has 3 nitrogen and oxygen atoms in total. The fourth-order valence-corrected chi connectivity index (χ4v) is 1.19. The zero-order valence-corrected chi connectivity index (χ0v) is 11.4. The zero-order chi connectivity index (χ0) is 15.1. The summed E-state index contributed by atoms with van der Waals surface area (Å²) in [5, 5.41) is 1.81. The van der Waals surface area contributed by atoms with E-state index in [1.54, 1.807) is 31.3 Å². The highest BCUT2D eigenvalue weighted by molar-refractivity contribution is 5.95. The van der Waals surface area contributed by atoms with Gasteiger partial charge in [-0.25, -0.2) is 0 Å². The molecule has 6 heteroatoms. The van der Waals surface area contributed by atoms with E-state index in [4.69, 9.17) is 4.74 Å². The maximum absolute atomic E-state index is 12.1. The normalized spacial score (nSPS) is 10.3. The third-order valence-corrected chi connectivity index (χ3v) is 2.03. The molecule has 0 spiro atoms. The Balaban J connectivity index is 0.00000154. The molecule has 0 bridgehead atoms. The van der Waals surface area contributed by atoms with Gasteiger partial charge in [-0.3, -0.25) is 4.79 Å². The van der Waals surface area contributed by atoms with Crippen molar-refractivity contribution >= 4 is 11.6 Å². The highest BCUT2D eigenvalue weighted by atomic mass is 19.4. The minimum absolute atomic E-state index is 0.0956. The van der Waals surface area contributed by atoms with Crippen LogP contribution in [0, 0.1) is 6.92 Å². The Kier molecular flexibility index (Phi) is 6.96. The summed E-state index contributed by atoms with van der Waals surface area (Å²) >= 11 is 0. The summed E-state index contributed by atoms with van der Waals surface area (Å²) in [5.74, 6) is -1.58. The third-order valence-electron chi connectivity index (χ3n) is 2.03. The predicted molar refractivity (Wildman–Crippen MR) is 68.4 cm³/mol. The first kappa shape index (κ1) is 17.3. The molecule has 19 heavy (non-hydrogen) atoms. The van der Waals surface area contributed by atoms with E-state index in [0.29, 0.717) is 17.9 Å². The molecule has 1 amide bonds. The fourth-order valence-electron chi connectivity index (χ4n) is 1.19. The molecule has 0 radical (unpaired) electrons. The fraction of sp³-hybridized carbons (Fsp3) is 0.462. The summed E-state index contributed by atoms with van der Waals surface area (Å²) in [6.07, 6.45) is -4.89. The number of aryl methyl sites for hydroxylation is 1. The summed E-state index contributed by atoms with van der Waals surface area (Å²) in [6, 6.07) is 4.57. The van der Waals surface area contributed by atoms with Crippen molar-refractivity contribution in [3.63, 3.8) is 0 Å². The first-order chi connectivity index (χ1) is 8.84. The standard InChI is InChI=1S/C11H12F3NO2.C2H6/c1-3-17-8-5-4-7(2)9(6-8)15-10(16)11(12,13)14;1-2/h4-6H,3H2,1-2H3,(H,15,16);1-2H3. The van der Waals surface area contributed by atoms with Crippen LogP contribution >= 0.6 is 0 Å². The third kappa shape index (κ3) is 5.63. The average molecular weight is 277 g/mol. The Morgan fingerprint density at radius 2 is 1.89 bits per heavy atom. The van der Waals surface area contributed by atoms with Crippen molar-refractivity contribution in [3.05, 3.63) is 23.8 Å². The summed E-state index contributed by atoms with van der Waals surface area (Å²) in [4.78, 5) is 10.8. The maximum Gasteiger partial charge on any atom is 0.471 e. The summed E-state index contributed by atoms with van der Waals surface area (Å²) in [6.45, 7) is 7.76. The van der Waals surface area contributed by atoms with Crippen molar-refractivity contribution in [2.24, 2.45) is 0 Å². The van der Waals surface area contributed by atoms with Crippen LogP contribution in [0.3, 0.4) is 0 Å². The quantitative estimate of drug-likeness (QED) is 0.909. The van der Waals surface area contributed by atoms with Crippen LogP contribution < -0.4 is 10.1 Å². The van der Waals surface area contributed by atoms with Gasteiger partial charge in [-0.1, -0.05) is 19.9 Å². The summed E-state index contributed by atoms with van der Waals surface area (Å²) < 4.78 is 41.4. The predicted octanol–water partition coefficient (Wildman–Crippen LogP) is 3.92. The Hall–Kier alpha value is -1.72. The van der Waals surface area contributed by atoms with E-state index in [0.717, 1.165) is 0 Å². The highest BCUT2D eigenvalue weighted by Crippen LogP contribution is 2.24. The lowest BCUT2D eigenvalue weighted by Gasteiger charge is -2.12. The smallest absolute Gasteiger partial charge is 0.471 e. The Bertz CT molecular complexity index is 417. The maximum atomic E-state index is 12.1. The van der Waals surface area contributed by atoms with Gasteiger partial charge in [0.1, 0.15) is 5.75 Å². The first-order valence-corrected chi connectivity index (χ1v) is 5.96. The zero-order valence-electron chi connectivity index (χ0n) is 11.4. The van der Waals surface area contributed by atoms with Gasteiger partial charge < -0.3 is 10.1 Å². The van der Waals surface area contributed by atoms with Gasteiger partial charge in [-0.15, -0.1) is 0 Å². The number of halogens is 3. The molecule has 0 unspecified atom stereocenters. The van der Waals surface area contributed by atoms with Gasteiger partial charge in [0.15, 0.2) is 0 Å². The van der Waals surface area contributed by atoms with Gasteiger partial charge in [0.25, 0.3) is 0 Å². The van der Waals surface area contributed by atoms with Crippen molar-refractivity contribution < 1.29 is 22.7 Å². The number of anilines is 1. The number of nitrogens with one attached hydrogen (secondary N) is 1. The second-order valence-electron chi connectivity index (χ2n) is 3.36. The molecule has 108 valence electrons. The van der Waals surface area contributed by atoms with E-state index in [9.17, 15) is 18.0 Å². The number of carbonyl (C=O) groups is 1. The first-order valence-electron chi connectivity index (χ1n) is 5.96. The van der Waals surface area contributed by atoms with Crippen molar-refractivity contribution in [3.8, 4) is 5.75 Å². The van der Waals surface area contributed by atoms with Gasteiger partial charge >= 0.3 is 12.1 Å². The molecule has 0 aliphatic rings. The lowest BCUT2D eigenvalue weighted by atomic mass is 10.2. The second kappa shape index (κ2) is 7.66. The molecule has 1 N–H and O–H groups in total. The molecule has 1 aromatic rings. The molecule has 0 fully saturated rings. The van der Waals surface area contributed by atoms with Crippen molar-refractivity contribution in [1.29, 1.82) is 0 Å². The number of amides is 1. The minimum Gasteiger partial charge on any atom is -0.494 e. The Morgan fingerprint density at radius 1 is 1.32 bits per heavy atom. The number of rotatable bonds is 3.